The van der Waals surface area contributed by atoms with Gasteiger partial charge in [-0.05, 0) is 55.8 Å². The minimum absolute atomic E-state index is 0.0436. The van der Waals surface area contributed by atoms with E-state index in [4.69, 9.17) is 18.9 Å². The third kappa shape index (κ3) is 5.67. The van der Waals surface area contributed by atoms with E-state index in [1.165, 1.54) is 0 Å². The van der Waals surface area contributed by atoms with Crippen molar-refractivity contribution in [2.24, 2.45) is 5.92 Å². The van der Waals surface area contributed by atoms with Gasteiger partial charge in [0.15, 0.2) is 23.0 Å². The number of hydrogen-bond donors (Lipinski definition) is 2. The Labute approximate surface area is 192 Å². The Morgan fingerprint density at radius 2 is 1.76 bits per heavy atom. The van der Waals surface area contributed by atoms with Crippen molar-refractivity contribution in [1.82, 2.24) is 10.2 Å². The zero-order chi connectivity index (χ0) is 23.2. The van der Waals surface area contributed by atoms with Crippen LogP contribution in [0.4, 0.5) is 5.69 Å². The second kappa shape index (κ2) is 10.4. The summed E-state index contributed by atoms with van der Waals surface area (Å²) in [4.78, 5) is 27.1. The van der Waals surface area contributed by atoms with Crippen molar-refractivity contribution in [3.8, 4) is 23.0 Å². The number of carbonyl (C=O) groups is 2. The van der Waals surface area contributed by atoms with Crippen molar-refractivity contribution < 1.29 is 28.5 Å². The van der Waals surface area contributed by atoms with E-state index >= 15 is 0 Å². The SMILES string of the molecule is COc1ccc(NC(=O)CN2CCC(C(=O)NCc3ccc4c(c3)OCO4)CC2)cc1OC. The molecule has 2 aromatic carbocycles. The highest BCUT2D eigenvalue weighted by Crippen LogP contribution is 2.32. The highest BCUT2D eigenvalue weighted by Gasteiger charge is 2.26. The summed E-state index contributed by atoms with van der Waals surface area (Å²) in [5.74, 6) is 2.49. The molecule has 1 saturated heterocycles. The topological polar surface area (TPSA) is 98.4 Å². The molecule has 0 aliphatic carbocycles. The number of methoxy groups -OCH3 is 2. The molecule has 9 nitrogen and oxygen atoms in total. The molecule has 2 amide bonds. The second-order valence-corrected chi connectivity index (χ2v) is 8.07. The van der Waals surface area contributed by atoms with Gasteiger partial charge in [0.1, 0.15) is 0 Å². The van der Waals surface area contributed by atoms with E-state index < -0.39 is 0 Å². The first-order valence-electron chi connectivity index (χ1n) is 11.0. The molecule has 2 N–H and O–H groups in total. The van der Waals surface area contributed by atoms with E-state index in [2.05, 4.69) is 15.5 Å². The predicted molar refractivity (Wildman–Crippen MR) is 122 cm³/mol. The fourth-order valence-electron chi connectivity index (χ4n) is 4.06. The molecule has 0 atom stereocenters. The van der Waals surface area contributed by atoms with Crippen LogP contribution in [-0.4, -0.2) is 57.4 Å². The number of carbonyl (C=O) groups excluding carboxylic acids is 2. The lowest BCUT2D eigenvalue weighted by atomic mass is 9.96. The predicted octanol–water partition coefficient (Wildman–Crippen LogP) is 2.40. The average molecular weight is 456 g/mol. The van der Waals surface area contributed by atoms with Crippen LogP contribution in [0.5, 0.6) is 23.0 Å². The summed E-state index contributed by atoms with van der Waals surface area (Å²) in [5.41, 5.74) is 1.62. The Bertz CT molecular complexity index is 1000. The molecule has 0 saturated carbocycles. The summed E-state index contributed by atoms with van der Waals surface area (Å²) in [6.45, 7) is 2.35. The summed E-state index contributed by atoms with van der Waals surface area (Å²) < 4.78 is 21.2. The lowest BCUT2D eigenvalue weighted by Crippen LogP contribution is -2.43. The number of ether oxygens (including phenoxy) is 4. The summed E-state index contributed by atoms with van der Waals surface area (Å²) >= 11 is 0. The fourth-order valence-corrected chi connectivity index (χ4v) is 4.06. The van der Waals surface area contributed by atoms with Crippen LogP contribution >= 0.6 is 0 Å². The Morgan fingerprint density at radius 3 is 2.52 bits per heavy atom. The van der Waals surface area contributed by atoms with Gasteiger partial charge in [0.05, 0.1) is 20.8 Å². The lowest BCUT2D eigenvalue weighted by Gasteiger charge is -2.30. The third-order valence-corrected chi connectivity index (χ3v) is 5.90. The first kappa shape index (κ1) is 22.7. The van der Waals surface area contributed by atoms with Gasteiger partial charge < -0.3 is 29.6 Å². The van der Waals surface area contributed by atoms with E-state index in [1.54, 1.807) is 32.4 Å². The molecule has 0 radical (unpaired) electrons. The van der Waals surface area contributed by atoms with Crippen molar-refractivity contribution in [2.75, 3.05) is 46.0 Å². The van der Waals surface area contributed by atoms with Crippen molar-refractivity contribution >= 4 is 17.5 Å². The lowest BCUT2D eigenvalue weighted by molar-refractivity contribution is -0.126. The smallest absolute Gasteiger partial charge is 0.238 e. The average Bonchev–Trinajstić information content (AvgIpc) is 3.31. The molecule has 0 unspecified atom stereocenters. The van der Waals surface area contributed by atoms with Crippen LogP contribution in [0, 0.1) is 5.92 Å². The van der Waals surface area contributed by atoms with Crippen LogP contribution in [0.15, 0.2) is 36.4 Å². The largest absolute Gasteiger partial charge is 0.493 e. The molecule has 2 heterocycles. The van der Waals surface area contributed by atoms with Gasteiger partial charge >= 0.3 is 0 Å². The Kier molecular flexibility index (Phi) is 7.19. The van der Waals surface area contributed by atoms with Crippen LogP contribution in [-0.2, 0) is 16.1 Å². The molecular formula is C24H29N3O6. The molecule has 2 aromatic rings. The normalized spacial score (nSPS) is 15.7. The van der Waals surface area contributed by atoms with Gasteiger partial charge in [-0.15, -0.1) is 0 Å². The van der Waals surface area contributed by atoms with Gasteiger partial charge in [-0.2, -0.15) is 0 Å². The van der Waals surface area contributed by atoms with Gasteiger partial charge in [-0.3, -0.25) is 14.5 Å². The molecule has 1 fully saturated rings. The van der Waals surface area contributed by atoms with E-state index in [9.17, 15) is 9.59 Å². The number of anilines is 1. The zero-order valence-electron chi connectivity index (χ0n) is 18.9. The number of nitrogens with one attached hydrogen (secondary N) is 2. The Hall–Kier alpha value is -3.46. The standard InChI is InChI=1S/C24H29N3O6/c1-30-19-6-4-18(12-21(19)31-2)26-23(28)14-27-9-7-17(8-10-27)24(29)25-13-16-3-5-20-22(11-16)33-15-32-20/h3-6,11-12,17H,7-10,13-15H2,1-2H3,(H,25,29)(H,26,28). The van der Waals surface area contributed by atoms with Gasteiger partial charge in [0.2, 0.25) is 18.6 Å². The van der Waals surface area contributed by atoms with E-state index in [0.29, 0.717) is 42.6 Å². The number of hydrogen-bond acceptors (Lipinski definition) is 7. The van der Waals surface area contributed by atoms with Crippen molar-refractivity contribution in [3.05, 3.63) is 42.0 Å². The van der Waals surface area contributed by atoms with Gasteiger partial charge in [-0.1, -0.05) is 6.07 Å². The summed E-state index contributed by atoms with van der Waals surface area (Å²) in [6.07, 6.45) is 1.44. The third-order valence-electron chi connectivity index (χ3n) is 5.90. The molecule has 4 rings (SSSR count). The number of rotatable bonds is 8. The fraction of sp³-hybridized carbons (Fsp3) is 0.417. The number of nitrogens with zero attached hydrogens (tertiary/aromatic N) is 1. The molecule has 2 aliphatic heterocycles. The molecular weight excluding hydrogens is 426 g/mol. The number of amides is 2. The highest BCUT2D eigenvalue weighted by atomic mass is 16.7. The van der Waals surface area contributed by atoms with Gasteiger partial charge in [0.25, 0.3) is 0 Å². The number of piperidine rings is 1. The molecule has 33 heavy (non-hydrogen) atoms. The van der Waals surface area contributed by atoms with Crippen LogP contribution < -0.4 is 29.6 Å². The maximum atomic E-state index is 12.6. The number of fused-ring (bicyclic) bond motifs is 1. The quantitative estimate of drug-likeness (QED) is 0.631. The minimum atomic E-state index is -0.104. The van der Waals surface area contributed by atoms with Crippen molar-refractivity contribution in [3.63, 3.8) is 0 Å². The maximum absolute atomic E-state index is 12.6. The summed E-state index contributed by atoms with van der Waals surface area (Å²) in [5, 5.41) is 5.90. The Balaban J connectivity index is 1.20. The van der Waals surface area contributed by atoms with Crippen LogP contribution in [0.25, 0.3) is 0 Å². The molecule has 0 bridgehead atoms. The van der Waals surface area contributed by atoms with Crippen LogP contribution in [0.3, 0.4) is 0 Å². The second-order valence-electron chi connectivity index (χ2n) is 8.07. The molecule has 2 aliphatic rings. The monoisotopic (exact) mass is 455 g/mol. The zero-order valence-corrected chi connectivity index (χ0v) is 18.9. The van der Waals surface area contributed by atoms with Crippen LogP contribution in [0.2, 0.25) is 0 Å². The molecule has 9 heteroatoms. The van der Waals surface area contributed by atoms with Gasteiger partial charge in [0, 0.05) is 24.2 Å². The first-order valence-corrected chi connectivity index (χ1v) is 11.0. The van der Waals surface area contributed by atoms with E-state index in [1.807, 2.05) is 18.2 Å². The molecule has 0 spiro atoms. The maximum Gasteiger partial charge on any atom is 0.238 e. The first-order chi connectivity index (χ1) is 16.1. The van der Waals surface area contributed by atoms with E-state index in [0.717, 1.165) is 24.2 Å². The van der Waals surface area contributed by atoms with Crippen molar-refractivity contribution in [2.45, 2.75) is 19.4 Å². The Morgan fingerprint density at radius 1 is 1.00 bits per heavy atom. The highest BCUT2D eigenvalue weighted by molar-refractivity contribution is 5.92. The van der Waals surface area contributed by atoms with Gasteiger partial charge in [-0.25, -0.2) is 0 Å². The van der Waals surface area contributed by atoms with E-state index in [-0.39, 0.29) is 31.1 Å². The molecule has 176 valence electrons. The number of likely N-dealkylation sites (tertiary alicyclic amines) is 1. The van der Waals surface area contributed by atoms with Crippen molar-refractivity contribution in [1.29, 1.82) is 0 Å². The minimum Gasteiger partial charge on any atom is -0.493 e. The summed E-state index contributed by atoms with van der Waals surface area (Å²) in [7, 11) is 3.12. The molecule has 0 aromatic heterocycles. The van der Waals surface area contributed by atoms with Crippen LogP contribution in [0.1, 0.15) is 18.4 Å². The summed E-state index contributed by atoms with van der Waals surface area (Å²) in [6, 6.07) is 10.9. The number of benzene rings is 2.